The lowest BCUT2D eigenvalue weighted by Gasteiger charge is -2.04. The zero-order valence-corrected chi connectivity index (χ0v) is 8.80. The normalized spacial score (nSPS) is 9.88. The molecule has 0 unspecified atom stereocenters. The Balaban J connectivity index is 2.50. The molecule has 92 valence electrons. The molecule has 8 nitrogen and oxygen atoms in total. The highest BCUT2D eigenvalue weighted by Gasteiger charge is 2.04. The van der Waals surface area contributed by atoms with Crippen molar-refractivity contribution >= 4 is 11.9 Å². The van der Waals surface area contributed by atoms with Crippen LogP contribution in [0.25, 0.3) is 0 Å². The van der Waals surface area contributed by atoms with E-state index < -0.39 is 29.7 Å². The summed E-state index contributed by atoms with van der Waals surface area (Å²) < 4.78 is 1.15. The van der Waals surface area contributed by atoms with Gasteiger partial charge in [0.2, 0.25) is 5.91 Å². The molecule has 1 aromatic rings. The van der Waals surface area contributed by atoms with Gasteiger partial charge in [0, 0.05) is 25.2 Å². The Bertz CT molecular complexity index is 530. The monoisotopic (exact) mass is 241 g/mol. The summed E-state index contributed by atoms with van der Waals surface area (Å²) in [4.78, 5) is 45.3. The molecule has 0 aliphatic heterocycles. The van der Waals surface area contributed by atoms with E-state index in [1.807, 2.05) is 4.98 Å². The molecule has 1 heterocycles. The molecule has 0 saturated carbocycles. The van der Waals surface area contributed by atoms with Gasteiger partial charge in [-0.2, -0.15) is 0 Å². The van der Waals surface area contributed by atoms with Crippen LogP contribution in [0.1, 0.15) is 6.42 Å². The van der Waals surface area contributed by atoms with Gasteiger partial charge in [-0.05, 0) is 0 Å². The van der Waals surface area contributed by atoms with Crippen LogP contribution in [0.4, 0.5) is 0 Å². The number of carboxylic acids is 1. The third-order valence-corrected chi connectivity index (χ3v) is 1.91. The minimum atomic E-state index is -1.14. The third kappa shape index (κ3) is 4.33. The lowest BCUT2D eigenvalue weighted by molar-refractivity contribution is -0.137. The molecule has 1 rings (SSSR count). The molecule has 1 aromatic heterocycles. The molecule has 0 spiro atoms. The van der Waals surface area contributed by atoms with Crippen LogP contribution in [0, 0.1) is 0 Å². The molecule has 0 saturated heterocycles. The second-order valence-electron chi connectivity index (χ2n) is 3.22. The molecule has 0 fully saturated rings. The van der Waals surface area contributed by atoms with Crippen molar-refractivity contribution in [2.75, 3.05) is 6.54 Å². The smallest absolute Gasteiger partial charge is 0.328 e. The van der Waals surface area contributed by atoms with Crippen molar-refractivity contribution in [2.45, 2.75) is 13.0 Å². The Labute approximate surface area is 94.9 Å². The molecule has 0 radical (unpaired) electrons. The first-order valence-corrected chi connectivity index (χ1v) is 4.77. The second-order valence-corrected chi connectivity index (χ2v) is 3.22. The predicted octanol–water partition coefficient (Wildman–Crippen LogP) is -1.87. The Morgan fingerprint density at radius 3 is 2.71 bits per heavy atom. The number of hydrogen-bond acceptors (Lipinski definition) is 4. The van der Waals surface area contributed by atoms with Crippen LogP contribution in [0.5, 0.6) is 0 Å². The first-order chi connectivity index (χ1) is 7.99. The van der Waals surface area contributed by atoms with E-state index in [9.17, 15) is 19.2 Å². The van der Waals surface area contributed by atoms with Crippen LogP contribution in [-0.2, 0) is 16.1 Å². The maximum absolute atomic E-state index is 11.2. The van der Waals surface area contributed by atoms with Crippen LogP contribution >= 0.6 is 0 Å². The quantitative estimate of drug-likeness (QED) is 0.557. The van der Waals surface area contributed by atoms with Crippen LogP contribution in [0.3, 0.4) is 0 Å². The van der Waals surface area contributed by atoms with Gasteiger partial charge in [-0.3, -0.25) is 19.4 Å². The molecule has 1 amide bonds. The summed E-state index contributed by atoms with van der Waals surface area (Å²) in [5.41, 5.74) is -1.12. The first kappa shape index (κ1) is 12.7. The largest absolute Gasteiger partial charge is 0.480 e. The molecule has 0 aliphatic rings. The number of aromatic nitrogens is 2. The van der Waals surface area contributed by atoms with Crippen molar-refractivity contribution in [3.63, 3.8) is 0 Å². The molecule has 0 aromatic carbocycles. The van der Waals surface area contributed by atoms with E-state index in [0.717, 1.165) is 10.6 Å². The minimum absolute atomic E-state index is 0.0424. The zero-order chi connectivity index (χ0) is 12.8. The fourth-order valence-corrected chi connectivity index (χ4v) is 1.10. The van der Waals surface area contributed by atoms with Crippen LogP contribution in [0.15, 0.2) is 21.9 Å². The number of amides is 1. The van der Waals surface area contributed by atoms with Crippen molar-refractivity contribution in [3.05, 3.63) is 33.1 Å². The average Bonchev–Trinajstić information content (AvgIpc) is 2.25. The number of carboxylic acid groups (broad SMARTS) is 1. The summed E-state index contributed by atoms with van der Waals surface area (Å²) in [6.07, 6.45) is 1.23. The number of aryl methyl sites for hydroxylation is 1. The fraction of sp³-hybridized carbons (Fsp3) is 0.333. The van der Waals surface area contributed by atoms with E-state index in [-0.39, 0.29) is 13.0 Å². The van der Waals surface area contributed by atoms with E-state index in [0.29, 0.717) is 0 Å². The second kappa shape index (κ2) is 5.64. The molecule has 0 atom stereocenters. The molecule has 3 N–H and O–H groups in total. The number of hydrogen-bond donors (Lipinski definition) is 3. The van der Waals surface area contributed by atoms with E-state index in [4.69, 9.17) is 5.11 Å². The number of rotatable bonds is 5. The van der Waals surface area contributed by atoms with E-state index in [1.54, 1.807) is 0 Å². The van der Waals surface area contributed by atoms with Crippen LogP contribution in [0.2, 0.25) is 0 Å². The van der Waals surface area contributed by atoms with E-state index in [2.05, 4.69) is 5.32 Å². The molecular weight excluding hydrogens is 230 g/mol. The number of carbonyl (C=O) groups excluding carboxylic acids is 1. The molecule has 0 bridgehead atoms. The summed E-state index contributed by atoms with van der Waals surface area (Å²) in [5, 5.41) is 10.5. The SMILES string of the molecule is O=C(O)CNC(=O)CCn1ccc(=O)[nH]c1=O. The van der Waals surface area contributed by atoms with Crippen molar-refractivity contribution in [1.29, 1.82) is 0 Å². The summed E-state index contributed by atoms with van der Waals surface area (Å²) in [7, 11) is 0. The molecular formula is C9H11N3O5. The Kier molecular flexibility index (Phi) is 4.21. The maximum Gasteiger partial charge on any atom is 0.328 e. The topological polar surface area (TPSA) is 121 Å². The van der Waals surface area contributed by atoms with Gasteiger partial charge < -0.3 is 15.0 Å². The van der Waals surface area contributed by atoms with Gasteiger partial charge >= 0.3 is 11.7 Å². The Morgan fingerprint density at radius 1 is 1.41 bits per heavy atom. The average molecular weight is 241 g/mol. The standard InChI is InChI=1S/C9H11N3O5/c13-6(10-5-8(15)16)1-3-12-4-2-7(14)11-9(12)17/h2,4H,1,3,5H2,(H,10,13)(H,15,16)(H,11,14,17). The maximum atomic E-state index is 11.2. The fourth-order valence-electron chi connectivity index (χ4n) is 1.10. The van der Waals surface area contributed by atoms with Crippen molar-refractivity contribution in [1.82, 2.24) is 14.9 Å². The first-order valence-electron chi connectivity index (χ1n) is 4.77. The van der Waals surface area contributed by atoms with Gasteiger partial charge in [0.25, 0.3) is 5.56 Å². The van der Waals surface area contributed by atoms with Crippen LogP contribution in [-0.4, -0.2) is 33.1 Å². The highest BCUT2D eigenvalue weighted by Crippen LogP contribution is 1.85. The third-order valence-electron chi connectivity index (χ3n) is 1.91. The minimum Gasteiger partial charge on any atom is -0.480 e. The van der Waals surface area contributed by atoms with Gasteiger partial charge in [0.05, 0.1) is 0 Å². The van der Waals surface area contributed by atoms with Crippen molar-refractivity contribution in [3.8, 4) is 0 Å². The number of carbonyl (C=O) groups is 2. The summed E-state index contributed by atoms with van der Waals surface area (Å²) >= 11 is 0. The van der Waals surface area contributed by atoms with E-state index >= 15 is 0 Å². The number of aliphatic carboxylic acids is 1. The number of aromatic amines is 1. The Hall–Kier alpha value is -2.38. The van der Waals surface area contributed by atoms with Crippen molar-refractivity contribution < 1.29 is 14.7 Å². The molecule has 17 heavy (non-hydrogen) atoms. The van der Waals surface area contributed by atoms with E-state index in [1.165, 1.54) is 6.20 Å². The van der Waals surface area contributed by atoms with Crippen molar-refractivity contribution in [2.24, 2.45) is 0 Å². The highest BCUT2D eigenvalue weighted by molar-refractivity contribution is 5.80. The number of H-pyrrole nitrogens is 1. The summed E-state index contributed by atoms with van der Waals surface area (Å²) in [5.74, 6) is -1.62. The lowest BCUT2D eigenvalue weighted by Crippen LogP contribution is -2.33. The highest BCUT2D eigenvalue weighted by atomic mass is 16.4. The lowest BCUT2D eigenvalue weighted by atomic mass is 10.4. The summed E-state index contributed by atoms with van der Waals surface area (Å²) in [6.45, 7) is -0.388. The van der Waals surface area contributed by atoms with Crippen LogP contribution < -0.4 is 16.6 Å². The molecule has 8 heteroatoms. The van der Waals surface area contributed by atoms with Gasteiger partial charge in [-0.1, -0.05) is 0 Å². The predicted molar refractivity (Wildman–Crippen MR) is 56.6 cm³/mol. The van der Waals surface area contributed by atoms with Gasteiger partial charge in [-0.25, -0.2) is 4.79 Å². The van der Waals surface area contributed by atoms with Gasteiger partial charge in [0.1, 0.15) is 6.54 Å². The zero-order valence-electron chi connectivity index (χ0n) is 8.80. The van der Waals surface area contributed by atoms with Gasteiger partial charge in [0.15, 0.2) is 0 Å². The number of nitrogens with one attached hydrogen (secondary N) is 2. The molecule has 0 aliphatic carbocycles. The number of nitrogens with zero attached hydrogens (tertiary/aromatic N) is 1. The summed E-state index contributed by atoms with van der Waals surface area (Å²) in [6, 6.07) is 1.16. The Morgan fingerprint density at radius 2 is 2.12 bits per heavy atom. The van der Waals surface area contributed by atoms with Gasteiger partial charge in [-0.15, -0.1) is 0 Å².